The zero-order chi connectivity index (χ0) is 14.6. The quantitative estimate of drug-likeness (QED) is 0.716. The molecule has 2 amide bonds. The number of hydrogen-bond acceptors (Lipinski definition) is 3. The van der Waals surface area contributed by atoms with Gasteiger partial charge in [-0.05, 0) is 18.3 Å². The summed E-state index contributed by atoms with van der Waals surface area (Å²) in [5.41, 5.74) is -0.316. The highest BCUT2D eigenvalue weighted by Gasteiger charge is 2.30. The summed E-state index contributed by atoms with van der Waals surface area (Å²) in [4.78, 5) is 24.6. The molecule has 1 aliphatic heterocycles. The monoisotopic (exact) mass is 272 g/mol. The molecule has 0 aromatic heterocycles. The molecule has 6 nitrogen and oxygen atoms in total. The number of aliphatic carboxylic acids is 1. The predicted octanol–water partition coefficient (Wildman–Crippen LogP) is 1.04. The molecule has 0 radical (unpaired) electrons. The molecular formula is C13H24N2O4. The Balaban J connectivity index is 2.58. The van der Waals surface area contributed by atoms with Gasteiger partial charge in [0.2, 0.25) is 0 Å². The molecule has 3 N–H and O–H groups in total. The number of likely N-dealkylation sites (tertiary alicyclic amines) is 1. The van der Waals surface area contributed by atoms with E-state index in [0.717, 1.165) is 0 Å². The molecule has 1 aliphatic rings. The van der Waals surface area contributed by atoms with Crippen molar-refractivity contribution in [2.45, 2.75) is 52.2 Å². The average molecular weight is 272 g/mol. The van der Waals surface area contributed by atoms with Crippen molar-refractivity contribution in [1.29, 1.82) is 0 Å². The van der Waals surface area contributed by atoms with Crippen molar-refractivity contribution in [3.8, 4) is 0 Å². The largest absolute Gasteiger partial charge is 0.481 e. The van der Waals surface area contributed by atoms with Gasteiger partial charge in [-0.15, -0.1) is 0 Å². The molecule has 1 atom stereocenters. The summed E-state index contributed by atoms with van der Waals surface area (Å²) in [7, 11) is 0. The first-order valence-electron chi connectivity index (χ1n) is 6.65. The summed E-state index contributed by atoms with van der Waals surface area (Å²) in [5, 5.41) is 21.1. The SMILES string of the molecule is CC(C)(C)C(CC(=O)O)NC(=O)N1CCC(O)CC1. The molecule has 1 rings (SSSR count). The molecule has 110 valence electrons. The smallest absolute Gasteiger partial charge is 0.317 e. The lowest BCUT2D eigenvalue weighted by atomic mass is 9.85. The normalized spacial score (nSPS) is 19.1. The van der Waals surface area contributed by atoms with E-state index < -0.39 is 12.0 Å². The van der Waals surface area contributed by atoms with E-state index in [1.165, 1.54) is 0 Å². The minimum absolute atomic E-state index is 0.0916. The Morgan fingerprint density at radius 1 is 1.32 bits per heavy atom. The van der Waals surface area contributed by atoms with Crippen LogP contribution in [0.15, 0.2) is 0 Å². The second kappa shape index (κ2) is 6.23. The third kappa shape index (κ3) is 5.06. The van der Waals surface area contributed by atoms with Gasteiger partial charge in [0.25, 0.3) is 0 Å². The molecule has 1 unspecified atom stereocenters. The summed E-state index contributed by atoms with van der Waals surface area (Å²) in [6, 6.07) is -0.655. The number of amides is 2. The lowest BCUT2D eigenvalue weighted by Gasteiger charge is -2.35. The number of urea groups is 1. The molecule has 0 aromatic carbocycles. The zero-order valence-electron chi connectivity index (χ0n) is 11.8. The number of hydrogen-bond donors (Lipinski definition) is 3. The summed E-state index contributed by atoms with van der Waals surface area (Å²) in [6.45, 7) is 6.73. The summed E-state index contributed by atoms with van der Waals surface area (Å²) in [6.07, 6.45) is 0.728. The molecule has 0 aliphatic carbocycles. The van der Waals surface area contributed by atoms with Gasteiger partial charge in [0, 0.05) is 19.1 Å². The molecular weight excluding hydrogens is 248 g/mol. The number of carbonyl (C=O) groups excluding carboxylic acids is 1. The molecule has 0 spiro atoms. The van der Waals surface area contributed by atoms with Crippen LogP contribution in [0.5, 0.6) is 0 Å². The second-order valence-electron chi connectivity index (χ2n) is 6.18. The maximum atomic E-state index is 12.1. The molecule has 0 aromatic rings. The molecule has 1 fully saturated rings. The van der Waals surface area contributed by atoms with E-state index in [-0.39, 0.29) is 24.0 Å². The van der Waals surface area contributed by atoms with E-state index in [2.05, 4.69) is 5.32 Å². The number of aliphatic hydroxyl groups excluding tert-OH is 1. The fourth-order valence-corrected chi connectivity index (χ4v) is 2.06. The van der Waals surface area contributed by atoms with Crippen molar-refractivity contribution in [1.82, 2.24) is 10.2 Å². The fraction of sp³-hybridized carbons (Fsp3) is 0.846. The van der Waals surface area contributed by atoms with E-state index in [1.54, 1.807) is 4.90 Å². The van der Waals surface area contributed by atoms with Crippen LogP contribution < -0.4 is 5.32 Å². The van der Waals surface area contributed by atoms with Crippen molar-refractivity contribution < 1.29 is 19.8 Å². The first-order chi connectivity index (χ1) is 8.70. The molecule has 0 bridgehead atoms. The summed E-state index contributed by atoms with van der Waals surface area (Å²) >= 11 is 0. The van der Waals surface area contributed by atoms with Crippen molar-refractivity contribution in [3.63, 3.8) is 0 Å². The Labute approximate surface area is 113 Å². The van der Waals surface area contributed by atoms with Crippen molar-refractivity contribution >= 4 is 12.0 Å². The van der Waals surface area contributed by atoms with Crippen LogP contribution in [0.25, 0.3) is 0 Å². The van der Waals surface area contributed by atoms with Crippen LogP contribution in [-0.2, 0) is 4.79 Å². The number of nitrogens with zero attached hydrogens (tertiary/aromatic N) is 1. The van der Waals surface area contributed by atoms with Gasteiger partial charge in [-0.25, -0.2) is 4.79 Å². The Morgan fingerprint density at radius 2 is 1.84 bits per heavy atom. The molecule has 6 heteroatoms. The Hall–Kier alpha value is -1.30. The van der Waals surface area contributed by atoms with Crippen LogP contribution in [0.2, 0.25) is 0 Å². The highest BCUT2D eigenvalue weighted by molar-refractivity contribution is 5.76. The van der Waals surface area contributed by atoms with E-state index in [0.29, 0.717) is 25.9 Å². The van der Waals surface area contributed by atoms with E-state index in [4.69, 9.17) is 5.11 Å². The van der Waals surface area contributed by atoms with Gasteiger partial charge >= 0.3 is 12.0 Å². The lowest BCUT2D eigenvalue weighted by molar-refractivity contribution is -0.138. The van der Waals surface area contributed by atoms with Gasteiger partial charge in [-0.2, -0.15) is 0 Å². The highest BCUT2D eigenvalue weighted by atomic mass is 16.4. The van der Waals surface area contributed by atoms with Crippen molar-refractivity contribution in [3.05, 3.63) is 0 Å². The first kappa shape index (κ1) is 15.8. The molecule has 19 heavy (non-hydrogen) atoms. The number of aliphatic hydroxyl groups is 1. The summed E-state index contributed by atoms with van der Waals surface area (Å²) in [5.74, 6) is -0.922. The standard InChI is InChI=1S/C13H24N2O4/c1-13(2,3)10(8-11(17)18)14-12(19)15-6-4-9(16)5-7-15/h9-10,16H,4-8H2,1-3H3,(H,14,19)(H,17,18). The van der Waals surface area contributed by atoms with E-state index in [1.807, 2.05) is 20.8 Å². The fourth-order valence-electron chi connectivity index (χ4n) is 2.06. The lowest BCUT2D eigenvalue weighted by Crippen LogP contribution is -2.52. The van der Waals surface area contributed by atoms with Gasteiger partial charge in [0.1, 0.15) is 0 Å². The van der Waals surface area contributed by atoms with Gasteiger partial charge in [-0.1, -0.05) is 20.8 Å². The number of rotatable bonds is 3. The average Bonchev–Trinajstić information content (AvgIpc) is 2.27. The summed E-state index contributed by atoms with van der Waals surface area (Å²) < 4.78 is 0. The van der Waals surface area contributed by atoms with Crippen LogP contribution >= 0.6 is 0 Å². The van der Waals surface area contributed by atoms with E-state index >= 15 is 0 Å². The van der Waals surface area contributed by atoms with Crippen LogP contribution in [-0.4, -0.2) is 52.3 Å². The highest BCUT2D eigenvalue weighted by Crippen LogP contribution is 2.22. The zero-order valence-corrected chi connectivity index (χ0v) is 11.8. The second-order valence-corrected chi connectivity index (χ2v) is 6.18. The third-order valence-corrected chi connectivity index (χ3v) is 3.47. The molecule has 1 saturated heterocycles. The van der Waals surface area contributed by atoms with Crippen molar-refractivity contribution in [2.24, 2.45) is 5.41 Å². The number of carboxylic acid groups (broad SMARTS) is 1. The Kier molecular flexibility index (Phi) is 5.17. The van der Waals surface area contributed by atoms with Gasteiger partial charge in [0.15, 0.2) is 0 Å². The van der Waals surface area contributed by atoms with Crippen LogP contribution in [0.3, 0.4) is 0 Å². The Bertz CT molecular complexity index is 330. The van der Waals surface area contributed by atoms with Crippen molar-refractivity contribution in [2.75, 3.05) is 13.1 Å². The van der Waals surface area contributed by atoms with Crippen LogP contribution in [0.1, 0.15) is 40.0 Å². The minimum Gasteiger partial charge on any atom is -0.481 e. The Morgan fingerprint density at radius 3 is 2.26 bits per heavy atom. The van der Waals surface area contributed by atoms with E-state index in [9.17, 15) is 14.7 Å². The predicted molar refractivity (Wildman–Crippen MR) is 70.8 cm³/mol. The number of nitrogens with one attached hydrogen (secondary N) is 1. The van der Waals surface area contributed by atoms with Crippen LogP contribution in [0.4, 0.5) is 4.79 Å². The maximum absolute atomic E-state index is 12.1. The minimum atomic E-state index is -0.922. The number of carbonyl (C=O) groups is 2. The molecule has 1 heterocycles. The van der Waals surface area contributed by atoms with Gasteiger partial charge in [0.05, 0.1) is 12.5 Å². The number of piperidine rings is 1. The topological polar surface area (TPSA) is 89.9 Å². The maximum Gasteiger partial charge on any atom is 0.317 e. The third-order valence-electron chi connectivity index (χ3n) is 3.47. The van der Waals surface area contributed by atoms with Gasteiger partial charge < -0.3 is 20.4 Å². The number of carboxylic acids is 1. The van der Waals surface area contributed by atoms with Gasteiger partial charge in [-0.3, -0.25) is 4.79 Å². The first-order valence-corrected chi connectivity index (χ1v) is 6.65. The molecule has 0 saturated carbocycles. The van der Waals surface area contributed by atoms with Crippen LogP contribution in [0, 0.1) is 5.41 Å².